The van der Waals surface area contributed by atoms with Gasteiger partial charge in [-0.05, 0) is 38.8 Å². The number of hydrogen-bond donors (Lipinski definition) is 0. The maximum absolute atomic E-state index is 13.0. The van der Waals surface area contributed by atoms with E-state index in [1.165, 1.54) is 20.1 Å². The summed E-state index contributed by atoms with van der Waals surface area (Å²) in [5.74, 6) is -0.837. The summed E-state index contributed by atoms with van der Waals surface area (Å²) in [7, 11) is 0. The van der Waals surface area contributed by atoms with Crippen molar-refractivity contribution < 1.29 is 23.9 Å². The molecular weight excluding hydrogens is 392 g/mol. The van der Waals surface area contributed by atoms with Gasteiger partial charge in [0.25, 0.3) is 0 Å². The van der Waals surface area contributed by atoms with E-state index in [1.807, 2.05) is 13.0 Å². The molecule has 3 rings (SSSR count). The highest BCUT2D eigenvalue weighted by Gasteiger charge is 2.56. The van der Waals surface area contributed by atoms with Crippen LogP contribution in [0, 0.1) is 5.92 Å². The summed E-state index contributed by atoms with van der Waals surface area (Å²) in [6.07, 6.45) is 9.86. The van der Waals surface area contributed by atoms with E-state index in [0.29, 0.717) is 17.3 Å². The highest BCUT2D eigenvalue weighted by molar-refractivity contribution is 6.38. The van der Waals surface area contributed by atoms with Crippen LogP contribution in [-0.2, 0) is 23.9 Å². The van der Waals surface area contributed by atoms with Crippen molar-refractivity contribution in [3.8, 4) is 0 Å². The zero-order valence-electron chi connectivity index (χ0n) is 17.1. The molecule has 0 bridgehead atoms. The van der Waals surface area contributed by atoms with Crippen LogP contribution in [-0.4, -0.2) is 23.1 Å². The van der Waals surface area contributed by atoms with Gasteiger partial charge in [0.2, 0.25) is 5.78 Å². The Morgan fingerprint density at radius 2 is 2.00 bits per heavy atom. The van der Waals surface area contributed by atoms with Gasteiger partial charge in [0.05, 0.1) is 10.6 Å². The molecule has 0 saturated carbocycles. The minimum Gasteiger partial charge on any atom is -0.464 e. The van der Waals surface area contributed by atoms with Crippen LogP contribution in [0.15, 0.2) is 69.2 Å². The van der Waals surface area contributed by atoms with Crippen molar-refractivity contribution in [1.82, 2.24) is 0 Å². The summed E-state index contributed by atoms with van der Waals surface area (Å²) in [6.45, 7) is 8.96. The van der Waals surface area contributed by atoms with Gasteiger partial charge in [0.15, 0.2) is 11.4 Å². The lowest BCUT2D eigenvalue weighted by atomic mass is 9.76. The number of halogens is 1. The summed E-state index contributed by atoms with van der Waals surface area (Å²) in [5, 5.41) is 0.149. The molecule has 0 fully saturated rings. The fourth-order valence-electron chi connectivity index (χ4n) is 3.54. The Bertz CT molecular complexity index is 1000. The van der Waals surface area contributed by atoms with Crippen LogP contribution in [0.3, 0.4) is 0 Å². The Kier molecular flexibility index (Phi) is 5.54. The highest BCUT2D eigenvalue weighted by atomic mass is 35.5. The number of hydrogen-bond acceptors (Lipinski definition) is 5. The third kappa shape index (κ3) is 3.55. The van der Waals surface area contributed by atoms with Crippen LogP contribution in [0.4, 0.5) is 0 Å². The van der Waals surface area contributed by atoms with Gasteiger partial charge in [-0.25, -0.2) is 4.79 Å². The number of allylic oxidation sites excluding steroid dienone is 6. The molecule has 1 aliphatic carbocycles. The predicted molar refractivity (Wildman–Crippen MR) is 110 cm³/mol. The van der Waals surface area contributed by atoms with Gasteiger partial charge in [-0.15, -0.1) is 0 Å². The fraction of sp³-hybridized carbons (Fsp3) is 0.348. The van der Waals surface area contributed by atoms with E-state index >= 15 is 0 Å². The van der Waals surface area contributed by atoms with E-state index in [9.17, 15) is 14.4 Å². The van der Waals surface area contributed by atoms with Gasteiger partial charge in [-0.3, -0.25) is 9.59 Å². The predicted octanol–water partition coefficient (Wildman–Crippen LogP) is 4.61. The van der Waals surface area contributed by atoms with Crippen molar-refractivity contribution in [3.05, 3.63) is 69.2 Å². The quantitative estimate of drug-likeness (QED) is 0.373. The number of ketones is 2. The molecule has 0 aromatic rings. The average Bonchev–Trinajstić information content (AvgIpc) is 2.96. The first-order valence-electron chi connectivity index (χ1n) is 9.49. The van der Waals surface area contributed by atoms with Crippen LogP contribution < -0.4 is 0 Å². The van der Waals surface area contributed by atoms with Crippen molar-refractivity contribution in [2.75, 3.05) is 0 Å². The Morgan fingerprint density at radius 3 is 2.62 bits per heavy atom. The van der Waals surface area contributed by atoms with Crippen molar-refractivity contribution in [2.45, 2.75) is 46.6 Å². The molecular formula is C23H23ClO5. The minimum absolute atomic E-state index is 0.128. The molecule has 29 heavy (non-hydrogen) atoms. The molecule has 5 nitrogen and oxygen atoms in total. The third-order valence-corrected chi connectivity index (χ3v) is 5.70. The molecule has 2 heterocycles. The zero-order valence-corrected chi connectivity index (χ0v) is 17.8. The smallest absolute Gasteiger partial charge is 0.343 e. The SMILES string of the molecule is CC[C@H](C)/C=C(C)/C=C/C1=CC2=C(Cl)C3=C(C(C)=O)C(=O)O[C@@]3(C)C(=O)C2=CO1. The third-order valence-electron chi connectivity index (χ3n) is 5.31. The van der Waals surface area contributed by atoms with Crippen LogP contribution in [0.1, 0.15) is 41.0 Å². The minimum atomic E-state index is -1.62. The molecule has 152 valence electrons. The standard InChI is InChI=1S/C23H23ClO5/c1-6-12(2)9-13(3)7-8-15-10-16-17(11-28-15)21(26)23(5)19(20(16)24)18(14(4)25)22(27)29-23/h7-12H,6H2,1-5H3/b8-7+,13-9+/t12-,23+/m0/s1. The molecule has 0 saturated heterocycles. The maximum Gasteiger partial charge on any atom is 0.343 e. The number of carbonyl (C=O) groups excluding carboxylic acids is 3. The normalized spacial score (nSPS) is 25.4. The molecule has 0 amide bonds. The van der Waals surface area contributed by atoms with Gasteiger partial charge in [-0.2, -0.15) is 0 Å². The number of carbonyl (C=O) groups is 3. The van der Waals surface area contributed by atoms with Crippen molar-refractivity contribution >= 4 is 29.1 Å². The molecule has 0 aromatic carbocycles. The number of fused-ring (bicyclic) bond motifs is 2. The largest absolute Gasteiger partial charge is 0.464 e. The molecule has 2 atom stereocenters. The average molecular weight is 415 g/mol. The maximum atomic E-state index is 13.0. The molecule has 0 N–H and O–H groups in total. The van der Waals surface area contributed by atoms with Crippen LogP contribution >= 0.6 is 11.6 Å². The Hall–Kier alpha value is -2.66. The first kappa shape index (κ1) is 21.1. The lowest BCUT2D eigenvalue weighted by Crippen LogP contribution is -2.43. The van der Waals surface area contributed by atoms with E-state index in [-0.39, 0.29) is 21.8 Å². The second kappa shape index (κ2) is 7.64. The van der Waals surface area contributed by atoms with E-state index in [4.69, 9.17) is 21.1 Å². The summed E-state index contributed by atoms with van der Waals surface area (Å²) < 4.78 is 10.9. The molecule has 2 aliphatic heterocycles. The van der Waals surface area contributed by atoms with E-state index in [0.717, 1.165) is 12.0 Å². The number of Topliss-reactive ketones (excluding diaryl/α,β-unsaturated/α-hetero) is 2. The lowest BCUT2D eigenvalue weighted by molar-refractivity contribution is -0.153. The van der Waals surface area contributed by atoms with E-state index in [2.05, 4.69) is 19.9 Å². The monoisotopic (exact) mass is 414 g/mol. The van der Waals surface area contributed by atoms with Crippen molar-refractivity contribution in [1.29, 1.82) is 0 Å². The fourth-order valence-corrected chi connectivity index (χ4v) is 3.97. The number of rotatable bonds is 5. The van der Waals surface area contributed by atoms with Crippen LogP contribution in [0.25, 0.3) is 0 Å². The van der Waals surface area contributed by atoms with E-state index < -0.39 is 23.1 Å². The Balaban J connectivity index is 2.06. The molecule has 0 unspecified atom stereocenters. The van der Waals surface area contributed by atoms with Gasteiger partial charge in [-0.1, -0.05) is 49.6 Å². The van der Waals surface area contributed by atoms with Crippen LogP contribution in [0.5, 0.6) is 0 Å². The van der Waals surface area contributed by atoms with Crippen molar-refractivity contribution in [3.63, 3.8) is 0 Å². The summed E-state index contributed by atoms with van der Waals surface area (Å²) in [4.78, 5) is 37.2. The topological polar surface area (TPSA) is 69.7 Å². The second-order valence-corrected chi connectivity index (χ2v) is 7.99. The first-order chi connectivity index (χ1) is 13.6. The first-order valence-corrected chi connectivity index (χ1v) is 9.87. The second-order valence-electron chi connectivity index (χ2n) is 7.61. The Labute approximate surface area is 175 Å². The number of ether oxygens (including phenoxy) is 2. The molecule has 0 spiro atoms. The van der Waals surface area contributed by atoms with Gasteiger partial charge in [0, 0.05) is 11.1 Å². The highest BCUT2D eigenvalue weighted by Crippen LogP contribution is 2.49. The summed E-state index contributed by atoms with van der Waals surface area (Å²) in [6, 6.07) is 0. The molecule has 0 aromatic heterocycles. The Morgan fingerprint density at radius 1 is 1.31 bits per heavy atom. The summed E-state index contributed by atoms with van der Waals surface area (Å²) >= 11 is 6.57. The van der Waals surface area contributed by atoms with Crippen molar-refractivity contribution in [2.24, 2.45) is 5.92 Å². The zero-order chi connectivity index (χ0) is 21.5. The lowest BCUT2D eigenvalue weighted by Gasteiger charge is -2.32. The van der Waals surface area contributed by atoms with Gasteiger partial charge < -0.3 is 9.47 Å². The molecule has 3 aliphatic rings. The number of esters is 1. The van der Waals surface area contributed by atoms with Gasteiger partial charge in [0.1, 0.15) is 17.6 Å². The van der Waals surface area contributed by atoms with Gasteiger partial charge >= 0.3 is 5.97 Å². The molecule has 0 radical (unpaired) electrons. The van der Waals surface area contributed by atoms with Crippen LogP contribution in [0.2, 0.25) is 0 Å². The van der Waals surface area contributed by atoms with E-state index in [1.54, 1.807) is 12.2 Å². The summed E-state index contributed by atoms with van der Waals surface area (Å²) in [5.41, 5.74) is 0.0377. The molecule has 6 heteroatoms.